The Balaban J connectivity index is 1.54. The van der Waals surface area contributed by atoms with Gasteiger partial charge in [0.2, 0.25) is 0 Å². The van der Waals surface area contributed by atoms with Crippen LogP contribution >= 0.6 is 0 Å². The Morgan fingerprint density at radius 3 is 1.28 bits per heavy atom. The summed E-state index contributed by atoms with van der Waals surface area (Å²) >= 11 is 0. The highest BCUT2D eigenvalue weighted by atomic mass is 32.3. The van der Waals surface area contributed by atoms with Gasteiger partial charge in [-0.3, -0.25) is 0 Å². The van der Waals surface area contributed by atoms with Crippen LogP contribution in [0.4, 0.5) is 11.4 Å². The van der Waals surface area contributed by atoms with E-state index >= 15 is 0 Å². The van der Waals surface area contributed by atoms with Gasteiger partial charge in [-0.05, 0) is 72.8 Å². The molecular weight excluding hydrogens is 428 g/mol. The zero-order valence-corrected chi connectivity index (χ0v) is 17.7. The summed E-state index contributed by atoms with van der Waals surface area (Å²) in [6.07, 6.45) is 0. The molecule has 0 spiro atoms. The molecule has 0 aromatic heterocycles. The van der Waals surface area contributed by atoms with Crippen molar-refractivity contribution >= 4 is 21.0 Å². The van der Waals surface area contributed by atoms with Crippen molar-refractivity contribution in [1.82, 2.24) is 0 Å². The van der Waals surface area contributed by atoms with Gasteiger partial charge in [0, 0.05) is 23.5 Å². The molecule has 0 radical (unpaired) electrons. The predicted octanol–water partition coefficient (Wildman–Crippen LogP) is 5.62. The van der Waals surface area contributed by atoms with Gasteiger partial charge in [-0.2, -0.15) is 0 Å². The number of ether oxygens (including phenoxy) is 2. The Bertz CT molecular complexity index is 1220. The van der Waals surface area contributed by atoms with Crippen molar-refractivity contribution < 1.29 is 22.8 Å². The summed E-state index contributed by atoms with van der Waals surface area (Å²) < 4.78 is 46.1. The number of nitrogen functional groups attached to an aromatic ring is 2. The van der Waals surface area contributed by atoms with Crippen molar-refractivity contribution in [2.24, 2.45) is 0 Å². The minimum absolute atomic E-state index is 0.161. The first kappa shape index (κ1) is 21.4. The normalized spacial score (nSPS) is 12.5. The average molecular weight is 451 g/mol. The van der Waals surface area contributed by atoms with E-state index in [9.17, 15) is 13.3 Å². The molecule has 4 rings (SSSR count). The molecule has 4 aromatic carbocycles. The molecule has 0 unspecified atom stereocenters. The Morgan fingerprint density at radius 2 is 0.938 bits per heavy atom. The first-order chi connectivity index (χ1) is 15.2. The Labute approximate surface area is 185 Å². The molecule has 6 N–H and O–H groups in total. The van der Waals surface area contributed by atoms with Gasteiger partial charge in [-0.15, -0.1) is 0 Å². The summed E-state index contributed by atoms with van der Waals surface area (Å²) in [5, 5.41) is 0. The van der Waals surface area contributed by atoms with E-state index in [2.05, 4.69) is 0 Å². The summed E-state index contributed by atoms with van der Waals surface area (Å²) in [6.45, 7) is 0. The van der Waals surface area contributed by atoms with Crippen LogP contribution in [-0.4, -0.2) is 13.3 Å². The average Bonchev–Trinajstić information content (AvgIpc) is 2.74. The number of nitrogens with two attached hydrogens (primary N) is 2. The molecule has 4 aromatic rings. The molecule has 0 amide bonds. The van der Waals surface area contributed by atoms with Crippen molar-refractivity contribution in [2.45, 2.75) is 9.79 Å². The van der Waals surface area contributed by atoms with Gasteiger partial charge in [0.05, 0.1) is 9.79 Å². The summed E-state index contributed by atoms with van der Waals surface area (Å²) in [5.74, 6) is 1.90. The third kappa shape index (κ3) is 4.57. The zero-order chi connectivity index (χ0) is 22.8. The smallest absolute Gasteiger partial charge is 0.135 e. The highest BCUT2D eigenvalue weighted by Gasteiger charge is 2.35. The maximum atomic E-state index is 13.2. The molecule has 0 aliphatic carbocycles. The highest BCUT2D eigenvalue weighted by molar-refractivity contribution is 8.10. The van der Waals surface area contributed by atoms with Gasteiger partial charge in [-0.1, -0.05) is 12.1 Å². The Kier molecular flexibility index (Phi) is 5.35. The van der Waals surface area contributed by atoms with Crippen LogP contribution in [0.3, 0.4) is 0 Å². The molecule has 0 atom stereocenters. The van der Waals surface area contributed by atoms with Crippen molar-refractivity contribution in [3.05, 3.63) is 97.1 Å². The largest absolute Gasteiger partial charge is 0.457 e. The molecule has 164 valence electrons. The fourth-order valence-corrected chi connectivity index (χ4v) is 4.60. The van der Waals surface area contributed by atoms with Gasteiger partial charge in [-0.25, -0.2) is 4.21 Å². The summed E-state index contributed by atoms with van der Waals surface area (Å²) in [7, 11) is -5.30. The van der Waals surface area contributed by atoms with Gasteiger partial charge >= 0.3 is 0 Å². The quantitative estimate of drug-likeness (QED) is 0.281. The number of benzene rings is 4. The molecule has 7 nitrogen and oxygen atoms in total. The van der Waals surface area contributed by atoms with E-state index in [0.717, 1.165) is 0 Å². The number of hydrogen-bond acceptors (Lipinski definition) is 5. The number of rotatable bonds is 6. The van der Waals surface area contributed by atoms with E-state index in [0.29, 0.717) is 34.4 Å². The van der Waals surface area contributed by atoms with Crippen molar-refractivity contribution in [3.63, 3.8) is 0 Å². The lowest BCUT2D eigenvalue weighted by Crippen LogP contribution is -2.31. The molecule has 0 aliphatic heterocycles. The van der Waals surface area contributed by atoms with Crippen LogP contribution < -0.4 is 20.9 Å². The highest BCUT2D eigenvalue weighted by Crippen LogP contribution is 2.39. The SMILES string of the molecule is Nc1cccc(Oc2ccc(S(=O)(O)(O)c3ccc(Oc4cccc(N)c4)cc3)cc2)c1. The minimum atomic E-state index is -5.30. The standard InChI is InChI=1S/C24H22N2O5S/c25-17-3-1-5-21(15-17)30-19-7-11-23(12-8-19)32(27,28,29)24-13-9-20(10-14-24)31-22-6-2-4-18(26)16-22/h1-16H,25-26H2,(H2,27,28,29). The fourth-order valence-electron chi connectivity index (χ4n) is 3.07. The minimum Gasteiger partial charge on any atom is -0.457 e. The molecular formula is C24H22N2O5S. The topological polar surface area (TPSA) is 128 Å². The molecule has 0 saturated heterocycles. The molecule has 0 saturated carbocycles. The van der Waals surface area contributed by atoms with Gasteiger partial charge in [0.25, 0.3) is 0 Å². The van der Waals surface area contributed by atoms with Crippen LogP contribution in [0.25, 0.3) is 0 Å². The predicted molar refractivity (Wildman–Crippen MR) is 125 cm³/mol. The second-order valence-corrected chi connectivity index (χ2v) is 9.83. The molecule has 0 fully saturated rings. The van der Waals surface area contributed by atoms with Gasteiger partial charge in [0.1, 0.15) is 32.6 Å². The zero-order valence-electron chi connectivity index (χ0n) is 16.9. The summed E-state index contributed by atoms with van der Waals surface area (Å²) in [4.78, 5) is -0.321. The van der Waals surface area contributed by atoms with Crippen LogP contribution in [0.1, 0.15) is 0 Å². The third-order valence-electron chi connectivity index (χ3n) is 4.68. The number of anilines is 2. The second-order valence-electron chi connectivity index (χ2n) is 7.16. The van der Waals surface area contributed by atoms with Crippen molar-refractivity contribution in [3.8, 4) is 23.0 Å². The van der Waals surface area contributed by atoms with Crippen molar-refractivity contribution in [1.29, 1.82) is 0 Å². The van der Waals surface area contributed by atoms with E-state index in [-0.39, 0.29) is 9.79 Å². The molecule has 8 heteroatoms. The lowest BCUT2D eigenvalue weighted by molar-refractivity contribution is 0.389. The van der Waals surface area contributed by atoms with E-state index in [1.807, 2.05) is 0 Å². The molecule has 0 bridgehead atoms. The van der Waals surface area contributed by atoms with Crippen LogP contribution in [0.5, 0.6) is 23.0 Å². The Morgan fingerprint density at radius 1 is 0.562 bits per heavy atom. The lowest BCUT2D eigenvalue weighted by atomic mass is 10.3. The van der Waals surface area contributed by atoms with Crippen LogP contribution in [0.15, 0.2) is 107 Å². The van der Waals surface area contributed by atoms with Crippen molar-refractivity contribution in [2.75, 3.05) is 11.5 Å². The lowest BCUT2D eigenvalue weighted by Gasteiger charge is -2.31. The molecule has 32 heavy (non-hydrogen) atoms. The van der Waals surface area contributed by atoms with Gasteiger partial charge in [0.15, 0.2) is 0 Å². The summed E-state index contributed by atoms with van der Waals surface area (Å²) in [6, 6.07) is 25.1. The molecule has 0 aliphatic rings. The fraction of sp³-hybridized carbons (Fsp3) is 0. The second kappa shape index (κ2) is 8.01. The first-order valence-electron chi connectivity index (χ1n) is 9.62. The van der Waals surface area contributed by atoms with Crippen LogP contribution in [0.2, 0.25) is 0 Å². The summed E-state index contributed by atoms with van der Waals surface area (Å²) in [5.41, 5.74) is 12.6. The molecule has 0 heterocycles. The van der Waals surface area contributed by atoms with Gasteiger partial charge < -0.3 is 30.0 Å². The van der Waals surface area contributed by atoms with E-state index < -0.39 is 9.63 Å². The van der Waals surface area contributed by atoms with E-state index in [1.165, 1.54) is 48.5 Å². The third-order valence-corrected chi connectivity index (χ3v) is 6.93. The van der Waals surface area contributed by atoms with E-state index in [1.54, 1.807) is 48.5 Å². The van der Waals surface area contributed by atoms with E-state index in [4.69, 9.17) is 20.9 Å². The van der Waals surface area contributed by atoms with Crippen LogP contribution in [0, 0.1) is 0 Å². The monoisotopic (exact) mass is 450 g/mol. The maximum Gasteiger partial charge on any atom is 0.135 e. The number of hydrogen-bond donors (Lipinski definition) is 4. The van der Waals surface area contributed by atoms with Crippen LogP contribution in [-0.2, 0) is 9.63 Å². The first-order valence-corrected chi connectivity index (χ1v) is 11.5. The Hall–Kier alpha value is -3.85. The maximum absolute atomic E-state index is 13.2.